The van der Waals surface area contributed by atoms with Crippen molar-refractivity contribution in [2.24, 2.45) is 0 Å². The summed E-state index contributed by atoms with van der Waals surface area (Å²) in [5.74, 6) is 1.75. The van der Waals surface area contributed by atoms with E-state index in [1.165, 1.54) is 4.90 Å². The fourth-order valence-corrected chi connectivity index (χ4v) is 1.92. The van der Waals surface area contributed by atoms with Gasteiger partial charge in [0.25, 0.3) is 0 Å². The van der Waals surface area contributed by atoms with Crippen LogP contribution in [0.15, 0.2) is 24.3 Å². The lowest BCUT2D eigenvalue weighted by molar-refractivity contribution is 0.490. The van der Waals surface area contributed by atoms with Gasteiger partial charge in [0.2, 0.25) is 0 Å². The lowest BCUT2D eigenvalue weighted by Gasteiger charge is -2.22. The number of hydrogen-bond acceptors (Lipinski definition) is 5. The first-order valence-corrected chi connectivity index (χ1v) is 7.81. The molecule has 0 aliphatic carbocycles. The first kappa shape index (κ1) is 19.2. The molecule has 5 nitrogen and oxygen atoms in total. The number of terminal acetylenes is 1. The van der Waals surface area contributed by atoms with Crippen LogP contribution < -0.4 is 4.90 Å². The van der Waals surface area contributed by atoms with Crippen LogP contribution in [-0.4, -0.2) is 42.4 Å². The number of alkyl halides is 1. The summed E-state index contributed by atoms with van der Waals surface area (Å²) in [6.45, 7) is -0.785. The Hall–Kier alpha value is -1.79. The van der Waals surface area contributed by atoms with Gasteiger partial charge in [0.05, 0.1) is 5.75 Å². The zero-order valence-electron chi connectivity index (χ0n) is 10.9. The van der Waals surface area contributed by atoms with E-state index in [-0.39, 0.29) is 13.1 Å². The number of anilines is 1. The van der Waals surface area contributed by atoms with E-state index in [0.29, 0.717) is 11.3 Å². The van der Waals surface area contributed by atoms with Gasteiger partial charge in [-0.1, -0.05) is 12.0 Å². The van der Waals surface area contributed by atoms with Crippen LogP contribution in [0.2, 0.25) is 0 Å². The van der Waals surface area contributed by atoms with Gasteiger partial charge < -0.3 is 4.90 Å². The van der Waals surface area contributed by atoms with E-state index in [4.69, 9.17) is 14.8 Å². The van der Waals surface area contributed by atoms with E-state index in [1.54, 1.807) is 24.3 Å². The van der Waals surface area contributed by atoms with E-state index in [1.807, 2.05) is 0 Å². The summed E-state index contributed by atoms with van der Waals surface area (Å²) in [6.07, 6.45) is 5.24. The van der Waals surface area contributed by atoms with Gasteiger partial charge in [-0.2, -0.15) is 16.8 Å². The Morgan fingerprint density at radius 1 is 1.29 bits per heavy atom. The van der Waals surface area contributed by atoms with Crippen molar-refractivity contribution >= 4 is 27.5 Å². The largest absolute Gasteiger partial charge is 0.368 e. The molecular formula is C12H13F2NO4S2. The van der Waals surface area contributed by atoms with Crippen molar-refractivity contribution in [2.75, 3.05) is 30.4 Å². The highest BCUT2D eigenvalue weighted by Crippen LogP contribution is 2.16. The average molecular weight is 337 g/mol. The molecule has 0 aliphatic heterocycles. The van der Waals surface area contributed by atoms with Crippen LogP contribution in [0, 0.1) is 12.3 Å². The minimum absolute atomic E-state index is 0.0104. The van der Waals surface area contributed by atoms with Crippen molar-refractivity contribution in [3.8, 4) is 12.3 Å². The molecule has 0 saturated heterocycles. The molecule has 1 aromatic carbocycles. The Bertz CT molecular complexity index is 622. The molecule has 0 aliphatic rings. The first-order valence-electron chi connectivity index (χ1n) is 5.59. The van der Waals surface area contributed by atoms with Crippen molar-refractivity contribution in [1.29, 1.82) is 0 Å². The van der Waals surface area contributed by atoms with E-state index < -0.39 is 34.2 Å². The Morgan fingerprint density at radius 3 is 2.38 bits per heavy atom. The molecule has 0 heterocycles. The Kier molecular flexibility index (Phi) is 9.16. The van der Waals surface area contributed by atoms with Gasteiger partial charge in [-0.15, -0.1) is 10.3 Å². The summed E-state index contributed by atoms with van der Waals surface area (Å²) < 4.78 is 62.4. The van der Waals surface area contributed by atoms with Crippen LogP contribution in [-0.2, 0) is 21.8 Å². The lowest BCUT2D eigenvalue weighted by Crippen LogP contribution is -2.30. The van der Waals surface area contributed by atoms with Crippen molar-refractivity contribution in [3.63, 3.8) is 0 Å². The van der Waals surface area contributed by atoms with Crippen molar-refractivity contribution < 1.29 is 25.1 Å². The van der Waals surface area contributed by atoms with Crippen LogP contribution in [0.5, 0.6) is 0 Å². The standard InChI is InChI=1S/C12H13F2NO2S.O2S/c1-2-11-4-3-5-12(10-11)15(7-6-13)8-9-18(14,16)17;1-3-2/h1,3-5,10H,6-9H2;. The fourth-order valence-electron chi connectivity index (χ4n) is 1.48. The summed E-state index contributed by atoms with van der Waals surface area (Å²) in [7, 11) is -4.57. The third kappa shape index (κ3) is 8.88. The number of benzene rings is 1. The number of hydrogen-bond donors (Lipinski definition) is 0. The Balaban J connectivity index is 0.00000122. The van der Waals surface area contributed by atoms with Crippen molar-refractivity contribution in [3.05, 3.63) is 29.8 Å². The summed E-state index contributed by atoms with van der Waals surface area (Å²) in [6, 6.07) is 6.67. The molecule has 9 heteroatoms. The second-order valence-electron chi connectivity index (χ2n) is 3.68. The molecule has 1 aromatic rings. The minimum Gasteiger partial charge on any atom is -0.368 e. The fraction of sp³-hybridized carbons (Fsp3) is 0.333. The molecule has 0 unspecified atom stereocenters. The molecule has 116 valence electrons. The SMILES string of the molecule is C#Cc1cccc(N(CCF)CCS(=O)(=O)F)c1.O=S=O. The first-order chi connectivity index (χ1) is 9.87. The van der Waals surface area contributed by atoms with Crippen molar-refractivity contribution in [1.82, 2.24) is 0 Å². The maximum atomic E-state index is 12.5. The summed E-state index contributed by atoms with van der Waals surface area (Å²) in [4.78, 5) is 1.44. The van der Waals surface area contributed by atoms with Gasteiger partial charge in [-0.25, -0.2) is 4.39 Å². The number of nitrogens with zero attached hydrogens (tertiary/aromatic N) is 1. The highest BCUT2D eigenvalue weighted by molar-refractivity contribution is 7.86. The third-order valence-electron chi connectivity index (χ3n) is 2.34. The normalized spacial score (nSPS) is 9.95. The van der Waals surface area contributed by atoms with Crippen LogP contribution >= 0.6 is 0 Å². The highest BCUT2D eigenvalue weighted by atomic mass is 32.3. The van der Waals surface area contributed by atoms with E-state index >= 15 is 0 Å². The Morgan fingerprint density at radius 2 is 1.90 bits per heavy atom. The molecule has 0 atom stereocenters. The summed E-state index contributed by atoms with van der Waals surface area (Å²) in [5, 5.41) is 0. The quantitative estimate of drug-likeness (QED) is 0.574. The van der Waals surface area contributed by atoms with Crippen molar-refractivity contribution in [2.45, 2.75) is 0 Å². The highest BCUT2D eigenvalue weighted by Gasteiger charge is 2.12. The Labute approximate surface area is 125 Å². The number of halogens is 2. The molecule has 0 amide bonds. The van der Waals surface area contributed by atoms with Gasteiger partial charge in [-0.3, -0.25) is 0 Å². The molecule has 0 N–H and O–H groups in total. The molecule has 0 fully saturated rings. The van der Waals surface area contributed by atoms with E-state index in [9.17, 15) is 16.7 Å². The molecule has 0 aromatic heterocycles. The third-order valence-corrected chi connectivity index (χ3v) is 3.01. The lowest BCUT2D eigenvalue weighted by atomic mass is 10.2. The molecule has 0 spiro atoms. The predicted octanol–water partition coefficient (Wildman–Crippen LogP) is 1.07. The maximum Gasteiger partial charge on any atom is 0.335 e. The monoisotopic (exact) mass is 337 g/mol. The van der Waals surface area contributed by atoms with E-state index in [0.717, 1.165) is 0 Å². The average Bonchev–Trinajstić information content (AvgIpc) is 2.43. The predicted molar refractivity (Wildman–Crippen MR) is 76.4 cm³/mol. The van der Waals surface area contributed by atoms with Crippen LogP contribution in [0.3, 0.4) is 0 Å². The smallest absolute Gasteiger partial charge is 0.335 e. The van der Waals surface area contributed by atoms with Crippen LogP contribution in [0.4, 0.5) is 14.0 Å². The molecule has 0 saturated carbocycles. The second kappa shape index (κ2) is 10.0. The van der Waals surface area contributed by atoms with Gasteiger partial charge in [0, 0.05) is 24.3 Å². The van der Waals surface area contributed by atoms with Gasteiger partial charge in [-0.05, 0) is 18.2 Å². The number of rotatable bonds is 6. The zero-order valence-corrected chi connectivity index (χ0v) is 12.5. The topological polar surface area (TPSA) is 71.5 Å². The molecule has 21 heavy (non-hydrogen) atoms. The van der Waals surface area contributed by atoms with Gasteiger partial charge in [0.1, 0.15) is 6.67 Å². The summed E-state index contributed by atoms with van der Waals surface area (Å²) in [5.41, 5.74) is 1.17. The molecule has 0 radical (unpaired) electrons. The molecule has 1 rings (SSSR count). The second-order valence-corrected chi connectivity index (χ2v) is 5.30. The minimum atomic E-state index is -4.57. The van der Waals surface area contributed by atoms with Crippen LogP contribution in [0.1, 0.15) is 5.56 Å². The van der Waals surface area contributed by atoms with Gasteiger partial charge in [0.15, 0.2) is 0 Å². The van der Waals surface area contributed by atoms with Crippen LogP contribution in [0.25, 0.3) is 0 Å². The maximum absolute atomic E-state index is 12.5. The molecular weight excluding hydrogens is 324 g/mol. The summed E-state index contributed by atoms with van der Waals surface area (Å²) >= 11 is -0.750. The van der Waals surface area contributed by atoms with E-state index in [2.05, 4.69) is 5.92 Å². The molecule has 0 bridgehead atoms. The van der Waals surface area contributed by atoms with Gasteiger partial charge >= 0.3 is 21.8 Å². The zero-order chi connectivity index (χ0) is 16.3.